The molecule has 5 nitrogen and oxygen atoms in total. The van der Waals surface area contributed by atoms with Crippen LogP contribution >= 0.6 is 0 Å². The molecule has 1 fully saturated rings. The Morgan fingerprint density at radius 3 is 1.67 bits per heavy atom. The second-order valence-electron chi connectivity index (χ2n) is 3.58. The molecule has 0 bridgehead atoms. The first-order valence-corrected chi connectivity index (χ1v) is 4.83. The van der Waals surface area contributed by atoms with Gasteiger partial charge in [-0.3, -0.25) is 0 Å². The van der Waals surface area contributed by atoms with Gasteiger partial charge in [0.2, 0.25) is 0 Å². The van der Waals surface area contributed by atoms with E-state index in [-0.39, 0.29) is 21.1 Å². The van der Waals surface area contributed by atoms with E-state index in [1.54, 1.807) is 0 Å². The molecule has 0 aliphatic heterocycles. The minimum Gasteiger partial charge on any atom is -0.479 e. The molecule has 0 saturated heterocycles. The smallest absolute Gasteiger partial charge is 0.332 e. The maximum atomic E-state index is 9.45. The molecular formula is C9H20N2O3Pt. The summed E-state index contributed by atoms with van der Waals surface area (Å²) in [6.07, 6.45) is 1.38. The Labute approximate surface area is 104 Å². The van der Waals surface area contributed by atoms with Gasteiger partial charge in [-0.25, -0.2) is 4.79 Å². The molecule has 0 aromatic rings. The molecule has 0 amide bonds. The quantitative estimate of drug-likeness (QED) is 0.506. The van der Waals surface area contributed by atoms with Crippen molar-refractivity contribution in [2.75, 3.05) is 13.1 Å². The van der Waals surface area contributed by atoms with Crippen LogP contribution in [0.5, 0.6) is 0 Å². The standard InChI is InChI=1S/C6H14N2.C3H6O3.Pt/c7-3-5-1-2-6(5)4-8;1-2(4)3(5)6;/h5-6H,1-4,7-8H2;2,4H,1H3,(H,5,6);/t5-,6-;;/m0../s1. The monoisotopic (exact) mass is 399 g/mol. The van der Waals surface area contributed by atoms with E-state index in [0.29, 0.717) is 0 Å². The van der Waals surface area contributed by atoms with E-state index in [9.17, 15) is 4.79 Å². The third kappa shape index (κ3) is 7.01. The van der Waals surface area contributed by atoms with Crippen molar-refractivity contribution in [2.45, 2.75) is 25.9 Å². The summed E-state index contributed by atoms with van der Waals surface area (Å²) in [7, 11) is 0. The van der Waals surface area contributed by atoms with E-state index in [1.165, 1.54) is 19.8 Å². The Bertz CT molecular complexity index is 165. The van der Waals surface area contributed by atoms with E-state index in [2.05, 4.69) is 0 Å². The molecule has 3 atom stereocenters. The zero-order valence-electron chi connectivity index (χ0n) is 8.83. The van der Waals surface area contributed by atoms with E-state index < -0.39 is 12.1 Å². The van der Waals surface area contributed by atoms with Gasteiger partial charge in [0, 0.05) is 21.1 Å². The summed E-state index contributed by atoms with van der Waals surface area (Å²) in [5, 5.41) is 15.8. The van der Waals surface area contributed by atoms with Crippen LogP contribution < -0.4 is 11.5 Å². The number of carboxylic acids is 1. The second kappa shape index (κ2) is 9.28. The van der Waals surface area contributed by atoms with Crippen LogP contribution in [0.2, 0.25) is 0 Å². The Hall–Kier alpha value is 0.0383. The maximum absolute atomic E-state index is 9.45. The molecule has 6 heteroatoms. The summed E-state index contributed by atoms with van der Waals surface area (Å²) >= 11 is 0. The van der Waals surface area contributed by atoms with Gasteiger partial charge in [-0.05, 0) is 44.7 Å². The minimum absolute atomic E-state index is 0. The van der Waals surface area contributed by atoms with Crippen molar-refractivity contribution >= 4 is 5.97 Å². The molecule has 1 rings (SSSR count). The van der Waals surface area contributed by atoms with Crippen LogP contribution in [-0.2, 0) is 25.9 Å². The van der Waals surface area contributed by atoms with Gasteiger partial charge >= 0.3 is 5.97 Å². The Kier molecular flexibility index (Phi) is 10.8. The molecule has 94 valence electrons. The predicted molar refractivity (Wildman–Crippen MR) is 53.6 cm³/mol. The average molecular weight is 399 g/mol. The first kappa shape index (κ1) is 17.4. The van der Waals surface area contributed by atoms with E-state index in [1.807, 2.05) is 0 Å². The second-order valence-corrected chi connectivity index (χ2v) is 3.58. The summed E-state index contributed by atoms with van der Waals surface area (Å²) in [4.78, 5) is 9.45. The molecule has 1 saturated carbocycles. The summed E-state index contributed by atoms with van der Waals surface area (Å²) < 4.78 is 0. The first-order chi connectivity index (χ1) is 6.52. The molecule has 0 aromatic carbocycles. The van der Waals surface area contributed by atoms with E-state index in [4.69, 9.17) is 21.7 Å². The number of nitrogens with two attached hydrogens (primary N) is 2. The number of aliphatic carboxylic acids is 1. The number of rotatable bonds is 3. The Morgan fingerprint density at radius 2 is 1.60 bits per heavy atom. The van der Waals surface area contributed by atoms with Crippen molar-refractivity contribution in [2.24, 2.45) is 23.3 Å². The third-order valence-corrected chi connectivity index (χ3v) is 2.54. The number of carboxylic acid groups (broad SMARTS) is 1. The number of hydrogen-bond donors (Lipinski definition) is 4. The first-order valence-electron chi connectivity index (χ1n) is 4.83. The third-order valence-electron chi connectivity index (χ3n) is 2.54. The Morgan fingerprint density at radius 1 is 1.33 bits per heavy atom. The number of aliphatic hydroxyl groups is 1. The average Bonchev–Trinajstić information content (AvgIpc) is 2.05. The molecular weight excluding hydrogens is 379 g/mol. The van der Waals surface area contributed by atoms with Crippen LogP contribution in [0.4, 0.5) is 0 Å². The largest absolute Gasteiger partial charge is 0.479 e. The fourth-order valence-electron chi connectivity index (χ4n) is 1.26. The van der Waals surface area contributed by atoms with Gasteiger partial charge in [0.25, 0.3) is 0 Å². The molecule has 1 aliphatic carbocycles. The normalized spacial score (nSPS) is 25.1. The molecule has 0 radical (unpaired) electrons. The van der Waals surface area contributed by atoms with Crippen molar-refractivity contribution in [3.8, 4) is 0 Å². The van der Waals surface area contributed by atoms with Gasteiger partial charge in [-0.15, -0.1) is 0 Å². The van der Waals surface area contributed by atoms with Gasteiger partial charge in [0.05, 0.1) is 0 Å². The molecule has 0 spiro atoms. The van der Waals surface area contributed by atoms with Crippen LogP contribution in [0.3, 0.4) is 0 Å². The number of hydrogen-bond acceptors (Lipinski definition) is 4. The summed E-state index contributed by atoms with van der Waals surface area (Å²) in [5.74, 6) is 0.315. The van der Waals surface area contributed by atoms with Crippen molar-refractivity contribution in [1.29, 1.82) is 0 Å². The SMILES string of the molecule is CC(O)C(=O)O.NC[C@@H]1CC[C@H]1CN.[Pt]. The van der Waals surface area contributed by atoms with Crippen molar-refractivity contribution in [1.82, 2.24) is 0 Å². The summed E-state index contributed by atoms with van der Waals surface area (Å²) in [6, 6.07) is 0. The zero-order valence-corrected chi connectivity index (χ0v) is 11.1. The predicted octanol–water partition coefficient (Wildman–Crippen LogP) is -0.621. The number of carbonyl (C=O) groups is 1. The fourth-order valence-corrected chi connectivity index (χ4v) is 1.26. The van der Waals surface area contributed by atoms with Gasteiger partial charge in [-0.2, -0.15) is 0 Å². The fraction of sp³-hybridized carbons (Fsp3) is 0.889. The Balaban J connectivity index is 0. The molecule has 6 N–H and O–H groups in total. The molecule has 15 heavy (non-hydrogen) atoms. The molecule has 0 heterocycles. The molecule has 0 aromatic heterocycles. The topological polar surface area (TPSA) is 110 Å². The van der Waals surface area contributed by atoms with Gasteiger partial charge in [-0.1, -0.05) is 0 Å². The van der Waals surface area contributed by atoms with Crippen molar-refractivity contribution < 1.29 is 36.1 Å². The summed E-state index contributed by atoms with van der Waals surface area (Å²) in [5.41, 5.74) is 10.9. The summed E-state index contributed by atoms with van der Waals surface area (Å²) in [6.45, 7) is 2.87. The van der Waals surface area contributed by atoms with E-state index in [0.717, 1.165) is 24.9 Å². The maximum Gasteiger partial charge on any atom is 0.332 e. The zero-order chi connectivity index (χ0) is 11.1. The van der Waals surface area contributed by atoms with Crippen LogP contribution in [0.1, 0.15) is 19.8 Å². The van der Waals surface area contributed by atoms with Crippen LogP contribution in [0.15, 0.2) is 0 Å². The molecule has 1 aliphatic rings. The van der Waals surface area contributed by atoms with Crippen LogP contribution in [0, 0.1) is 11.8 Å². The number of aliphatic hydroxyl groups excluding tert-OH is 1. The molecule has 1 unspecified atom stereocenters. The van der Waals surface area contributed by atoms with Gasteiger partial charge in [0.15, 0.2) is 0 Å². The minimum atomic E-state index is -1.23. The van der Waals surface area contributed by atoms with Gasteiger partial charge in [0.1, 0.15) is 6.10 Å². The van der Waals surface area contributed by atoms with E-state index >= 15 is 0 Å². The van der Waals surface area contributed by atoms with Crippen LogP contribution in [-0.4, -0.2) is 35.4 Å². The van der Waals surface area contributed by atoms with Crippen molar-refractivity contribution in [3.63, 3.8) is 0 Å². The van der Waals surface area contributed by atoms with Gasteiger partial charge < -0.3 is 21.7 Å². The van der Waals surface area contributed by atoms with Crippen molar-refractivity contribution in [3.05, 3.63) is 0 Å². The van der Waals surface area contributed by atoms with Crippen LogP contribution in [0.25, 0.3) is 0 Å².